The van der Waals surface area contributed by atoms with Crippen LogP contribution in [0.3, 0.4) is 0 Å². The fourth-order valence-corrected chi connectivity index (χ4v) is 15.4. The number of likely N-dealkylation sites (N-methyl/N-ethyl adjacent to an activating group) is 4. The van der Waals surface area contributed by atoms with Crippen LogP contribution in [0, 0.1) is 37.5 Å². The quantitative estimate of drug-likeness (QED) is 0.0386. The molecule has 18 atom stereocenters. The molecule has 0 saturated carbocycles. The minimum absolute atomic E-state index is 0.0509. The van der Waals surface area contributed by atoms with Gasteiger partial charge in [-0.15, -0.1) is 0 Å². The van der Waals surface area contributed by atoms with E-state index in [4.69, 9.17) is 51.6 Å². The number of carbonyl (C=O) groups excluding carboxylic acids is 9. The fourth-order valence-electron chi connectivity index (χ4n) is 13.8. The number of anilines is 2. The first-order valence-corrected chi connectivity index (χ1v) is 39.1. The number of aliphatic hydroxyl groups is 2. The average Bonchev–Trinajstić information content (AvgIpc) is 1.57. The van der Waals surface area contributed by atoms with E-state index in [1.165, 1.54) is 45.5 Å². The van der Waals surface area contributed by atoms with E-state index in [1.807, 2.05) is 122 Å². The van der Waals surface area contributed by atoms with Crippen molar-refractivity contribution in [2.24, 2.45) is 23.7 Å². The Morgan fingerprint density at radius 2 is 1.04 bits per heavy atom. The van der Waals surface area contributed by atoms with Gasteiger partial charge in [0.25, 0.3) is 0 Å². The zero-order valence-corrected chi connectivity index (χ0v) is 67.5. The largest absolute Gasteiger partial charge is 0.457 e. The van der Waals surface area contributed by atoms with Gasteiger partial charge in [-0.3, -0.25) is 34.6 Å². The molecule has 0 radical (unpaired) electrons. The summed E-state index contributed by atoms with van der Waals surface area (Å²) in [7, 11) is 12.5. The highest BCUT2D eigenvalue weighted by Gasteiger charge is 2.66. The highest BCUT2D eigenvalue weighted by atomic mass is 35.5. The number of nitrogens with zero attached hydrogens (tertiary/aromatic N) is 5. The van der Waals surface area contributed by atoms with E-state index in [0.29, 0.717) is 40.0 Å². The van der Waals surface area contributed by atoms with E-state index in [-0.39, 0.29) is 49.8 Å². The van der Waals surface area contributed by atoms with Crippen molar-refractivity contribution in [1.29, 1.82) is 0 Å². The van der Waals surface area contributed by atoms with Crippen molar-refractivity contribution < 1.29 is 81.8 Å². The predicted molar refractivity (Wildman–Crippen MR) is 406 cm³/mol. The molecule has 105 heavy (non-hydrogen) atoms. The van der Waals surface area contributed by atoms with Crippen molar-refractivity contribution in [2.45, 2.75) is 225 Å². The molecule has 580 valence electrons. The van der Waals surface area contributed by atoms with E-state index in [2.05, 4.69) is 16.0 Å². The number of aryl methyl sites for hydroxylation is 2. The molecular weight excluding hydrogens is 1430 g/mol. The number of hydrogen-bond donors (Lipinski definition) is 5. The number of carbonyl (C=O) groups is 9. The molecule has 8 bridgehead atoms. The van der Waals surface area contributed by atoms with Gasteiger partial charge in [0, 0.05) is 83.9 Å². The Morgan fingerprint density at radius 1 is 0.648 bits per heavy atom. The maximum absolute atomic E-state index is 14.2. The lowest BCUT2D eigenvalue weighted by atomic mass is 9.82. The summed E-state index contributed by atoms with van der Waals surface area (Å²) in [6, 6.07) is 4.23. The van der Waals surface area contributed by atoms with Gasteiger partial charge in [0.15, 0.2) is 0 Å². The molecular formula is C76H108Cl2N8O17S2. The zero-order valence-electron chi connectivity index (χ0n) is 64.3. The summed E-state index contributed by atoms with van der Waals surface area (Å²) in [4.78, 5) is 127. The molecule has 6 heterocycles. The van der Waals surface area contributed by atoms with E-state index >= 15 is 0 Å². The van der Waals surface area contributed by atoms with Crippen LogP contribution in [0.4, 0.5) is 21.0 Å². The second-order valence-corrected chi connectivity index (χ2v) is 33.1. The van der Waals surface area contributed by atoms with Crippen LogP contribution in [-0.4, -0.2) is 216 Å². The second-order valence-electron chi connectivity index (χ2n) is 29.6. The number of benzene rings is 2. The summed E-state index contributed by atoms with van der Waals surface area (Å²) in [5.41, 5.74) is 0.899. The summed E-state index contributed by atoms with van der Waals surface area (Å²) in [5.74, 6) is -4.52. The highest BCUT2D eigenvalue weighted by molar-refractivity contribution is 8.76. The van der Waals surface area contributed by atoms with Crippen LogP contribution in [0.2, 0.25) is 10.0 Å². The Balaban J connectivity index is 0.000000296. The first-order chi connectivity index (χ1) is 49.0. The lowest BCUT2D eigenvalue weighted by Crippen LogP contribution is -2.60. The molecule has 4 fully saturated rings. The number of hydrogen-bond acceptors (Lipinski definition) is 20. The van der Waals surface area contributed by atoms with Crippen molar-refractivity contribution in [3.05, 3.63) is 104 Å². The fraction of sp³-hybridized carbons (Fsp3) is 0.618. The third-order valence-corrected chi connectivity index (χ3v) is 24.7. The molecule has 6 aliphatic heterocycles. The summed E-state index contributed by atoms with van der Waals surface area (Å²) in [6.07, 6.45) is 7.62. The van der Waals surface area contributed by atoms with Gasteiger partial charge in [-0.2, -0.15) is 0 Å². The van der Waals surface area contributed by atoms with Gasteiger partial charge < -0.3 is 68.5 Å². The van der Waals surface area contributed by atoms with Gasteiger partial charge in [0.05, 0.1) is 52.5 Å². The predicted octanol–water partition coefficient (Wildman–Crippen LogP) is 9.73. The number of rotatable bonds is 14. The number of esters is 2. The minimum Gasteiger partial charge on any atom is -0.457 e. The van der Waals surface area contributed by atoms with Crippen LogP contribution in [-0.2, 0) is 74.8 Å². The molecule has 0 spiro atoms. The van der Waals surface area contributed by atoms with Crippen LogP contribution >= 0.6 is 44.8 Å². The minimum atomic E-state index is -1.62. The number of allylic oxidation sites excluding steroid dienone is 6. The Hall–Kier alpha value is -6.69. The molecule has 2 aromatic carbocycles. The molecule has 5 N–H and O–H groups in total. The van der Waals surface area contributed by atoms with Crippen molar-refractivity contribution in [3.8, 4) is 0 Å². The monoisotopic (exact) mass is 1540 g/mol. The smallest absolute Gasteiger partial charge is 0.409 e. The van der Waals surface area contributed by atoms with E-state index < -0.39 is 143 Å². The normalized spacial score (nSPS) is 32.0. The van der Waals surface area contributed by atoms with E-state index in [9.17, 15) is 53.4 Å². The molecule has 4 saturated heterocycles. The van der Waals surface area contributed by atoms with Gasteiger partial charge in [0.1, 0.15) is 65.2 Å². The maximum Gasteiger partial charge on any atom is 0.409 e. The number of alkyl carbamates (subject to hydrolysis) is 2. The van der Waals surface area contributed by atoms with Gasteiger partial charge in [-0.25, -0.2) is 19.2 Å². The van der Waals surface area contributed by atoms with Gasteiger partial charge >= 0.3 is 24.1 Å². The lowest BCUT2D eigenvalue weighted by molar-refractivity contribution is -0.163. The Labute approximate surface area is 635 Å². The van der Waals surface area contributed by atoms with Gasteiger partial charge in [0.2, 0.25) is 29.5 Å². The SMILES string of the molecule is CNC(C)C(=O)N(C)C(C)C(=O)OC1CC(=O)N(C)c2cc(cc(C)c2Cl)C/C(C)=C/C=C/C(C)C2(O)CC(OC(=O)N2)C(C)C2OC12C.CSSCCC(=O)N(C)C(C)C(=O)N(C)C(C)C(=O)OC1CC(=O)N(C)c2cc(cc(C)c2Cl)C/C(C)=C/C=C/C(C)C2(O)CC(OC(=O)N2)C(C)C2OC12C. The Morgan fingerprint density at radius 3 is 1.42 bits per heavy atom. The second kappa shape index (κ2) is 35.1. The summed E-state index contributed by atoms with van der Waals surface area (Å²) in [6.45, 7) is 24.8. The van der Waals surface area contributed by atoms with E-state index in [1.54, 1.807) is 84.4 Å². The topological polar surface area (TPSA) is 308 Å². The van der Waals surface area contributed by atoms with Crippen LogP contribution in [0.25, 0.3) is 0 Å². The third-order valence-electron chi connectivity index (χ3n) is 21.9. The van der Waals surface area contributed by atoms with Gasteiger partial charge in [-0.1, -0.05) is 132 Å². The molecule has 6 aliphatic rings. The maximum atomic E-state index is 14.2. The Kier molecular flexibility index (Phi) is 28.6. The average molecular weight is 1540 g/mol. The number of halogens is 2. The molecule has 7 amide bonds. The van der Waals surface area contributed by atoms with Gasteiger partial charge in [-0.05, 0) is 130 Å². The van der Waals surface area contributed by atoms with Crippen LogP contribution in [0.5, 0.6) is 0 Å². The number of amides is 7. The van der Waals surface area contributed by atoms with E-state index in [0.717, 1.165) is 33.4 Å². The van der Waals surface area contributed by atoms with Crippen molar-refractivity contribution in [1.82, 2.24) is 30.7 Å². The Bertz CT molecular complexity index is 3750. The molecule has 25 nitrogen and oxygen atoms in total. The summed E-state index contributed by atoms with van der Waals surface area (Å²) >= 11 is 13.5. The molecule has 29 heteroatoms. The molecule has 18 unspecified atom stereocenters. The number of ether oxygens (including phenoxy) is 6. The van der Waals surface area contributed by atoms with Crippen LogP contribution in [0.15, 0.2) is 71.9 Å². The number of fused-ring (bicyclic) bond motifs is 10. The summed E-state index contributed by atoms with van der Waals surface area (Å²) < 4.78 is 36.1. The standard InChI is InChI=1S/C40H57ClN4O9S2.C36H51ClN4O8/c1-22-13-12-14-24(3)40(51)21-30(52-38(50)42-40)25(4)35-39(7,54-35)31(20-33(47)45(10)29-19-28(17-22)18-23(2)34(29)41)53-37(49)27(6)44(9)36(48)26(5)43(8)32(46)15-16-56-55-11;1-19-12-11-13-21(3)36(46)18-27(47-34(45)39-36)22(4)31-35(7,49-31)28(48-33(44)24(6)40(9)32(43)23(5)38-8)17-29(42)41(10)26-16-25(14-19)15-20(2)30(26)37/h12-14,18-19,24-27,30-31,35,51H,15-17,20-21H2,1-11H3,(H,42,50);11-13,15-16,21-24,27-28,31,38,46H,14,17-18H2,1-10H3,(H,39,45)/b14-12+,22-13+;13-11+,19-12+. The first-order valence-electron chi connectivity index (χ1n) is 35.6. The molecule has 0 aliphatic carbocycles. The summed E-state index contributed by atoms with van der Waals surface area (Å²) in [5, 5.41) is 32.2. The van der Waals surface area contributed by atoms with Crippen molar-refractivity contribution >= 4 is 110 Å². The number of epoxide rings is 2. The number of nitrogens with one attached hydrogen (secondary N) is 3. The first kappa shape index (κ1) is 85.6. The van der Waals surface area contributed by atoms with Crippen molar-refractivity contribution in [3.63, 3.8) is 0 Å². The molecule has 8 rings (SSSR count). The lowest BCUT2D eigenvalue weighted by Gasteiger charge is -2.41. The highest BCUT2D eigenvalue weighted by Crippen LogP contribution is 2.51. The van der Waals surface area contributed by atoms with Crippen LogP contribution in [0.1, 0.15) is 137 Å². The third kappa shape index (κ3) is 20.0. The molecule has 2 aromatic rings. The zero-order chi connectivity index (χ0) is 78.4. The van der Waals surface area contributed by atoms with Crippen molar-refractivity contribution in [2.75, 3.05) is 64.1 Å². The van der Waals surface area contributed by atoms with Crippen LogP contribution < -0.4 is 25.8 Å². The molecule has 0 aromatic heterocycles.